The average molecular weight is 376 g/mol. The van der Waals surface area contributed by atoms with E-state index < -0.39 is 6.61 Å². The largest absolute Gasteiger partial charge is 0.435 e. The number of oxime groups is 1. The van der Waals surface area contributed by atoms with Gasteiger partial charge in [0.2, 0.25) is 0 Å². The van der Waals surface area contributed by atoms with Crippen LogP contribution >= 0.6 is 0 Å². The zero-order valence-corrected chi connectivity index (χ0v) is 15.4. The lowest BCUT2D eigenvalue weighted by atomic mass is 9.86. The quantitative estimate of drug-likeness (QED) is 0.569. The number of carbonyl (C=O) groups is 1. The number of hydrogen-bond donors (Lipinski definition) is 1. The molecule has 0 aliphatic heterocycles. The summed E-state index contributed by atoms with van der Waals surface area (Å²) in [6.45, 7) is 3.08. The molecule has 2 rings (SSSR count). The lowest BCUT2D eigenvalue weighted by Gasteiger charge is -2.22. The van der Waals surface area contributed by atoms with Crippen LogP contribution in [0.3, 0.4) is 0 Å². The summed E-state index contributed by atoms with van der Waals surface area (Å²) in [6, 6.07) is 13.5. The summed E-state index contributed by atoms with van der Waals surface area (Å²) in [7, 11) is 0. The molecule has 5 nitrogen and oxygen atoms in total. The molecule has 0 atom stereocenters. The van der Waals surface area contributed by atoms with Crippen molar-refractivity contribution in [2.75, 3.05) is 11.9 Å². The van der Waals surface area contributed by atoms with Crippen LogP contribution in [0, 0.1) is 0 Å². The van der Waals surface area contributed by atoms with Crippen molar-refractivity contribution in [3.05, 3.63) is 59.7 Å². The van der Waals surface area contributed by atoms with Crippen LogP contribution in [0.1, 0.15) is 31.9 Å². The topological polar surface area (TPSA) is 59.9 Å². The second-order valence-electron chi connectivity index (χ2n) is 6.80. The lowest BCUT2D eigenvalue weighted by Crippen LogP contribution is -2.21. The third kappa shape index (κ3) is 6.69. The standard InChI is InChI=1S/C20H22F2N2O3/c1-20(2,3)16-6-4-5-7-17(16)24-18(25)13-26-23-12-14-8-10-15(11-9-14)27-19(21)22/h4-12,19H,13H2,1-3H3,(H,24,25)/b23-12+. The number of rotatable bonds is 7. The van der Waals surface area contributed by atoms with Crippen LogP contribution in [0.2, 0.25) is 0 Å². The first-order valence-corrected chi connectivity index (χ1v) is 8.35. The van der Waals surface area contributed by atoms with Crippen LogP contribution in [-0.4, -0.2) is 25.3 Å². The van der Waals surface area contributed by atoms with Gasteiger partial charge in [0.1, 0.15) is 5.75 Å². The van der Waals surface area contributed by atoms with Gasteiger partial charge in [-0.3, -0.25) is 4.79 Å². The van der Waals surface area contributed by atoms with Gasteiger partial charge >= 0.3 is 6.61 Å². The summed E-state index contributed by atoms with van der Waals surface area (Å²) in [5.41, 5.74) is 2.27. The minimum absolute atomic E-state index is 0.0555. The minimum atomic E-state index is -2.87. The molecule has 0 radical (unpaired) electrons. The normalized spacial score (nSPS) is 11.6. The number of carbonyl (C=O) groups excluding carboxylic acids is 1. The molecule has 0 saturated carbocycles. The van der Waals surface area contributed by atoms with Crippen molar-refractivity contribution >= 4 is 17.8 Å². The Morgan fingerprint density at radius 2 is 1.81 bits per heavy atom. The molecule has 0 aliphatic carbocycles. The Bertz CT molecular complexity index is 785. The Kier molecular flexibility index (Phi) is 6.87. The number of ether oxygens (including phenoxy) is 1. The van der Waals surface area contributed by atoms with Gasteiger partial charge in [0.05, 0.1) is 6.21 Å². The Morgan fingerprint density at radius 1 is 1.15 bits per heavy atom. The van der Waals surface area contributed by atoms with E-state index in [4.69, 9.17) is 4.84 Å². The van der Waals surface area contributed by atoms with E-state index >= 15 is 0 Å². The Labute approximate surface area is 157 Å². The number of benzene rings is 2. The number of nitrogens with zero attached hydrogens (tertiary/aromatic N) is 1. The third-order valence-corrected chi connectivity index (χ3v) is 3.59. The third-order valence-electron chi connectivity index (χ3n) is 3.59. The number of hydrogen-bond acceptors (Lipinski definition) is 4. The van der Waals surface area contributed by atoms with Crippen LogP contribution in [0.25, 0.3) is 0 Å². The number of nitrogens with one attached hydrogen (secondary N) is 1. The van der Waals surface area contributed by atoms with Gasteiger partial charge in [0.15, 0.2) is 6.61 Å². The fraction of sp³-hybridized carbons (Fsp3) is 0.300. The molecule has 2 aromatic rings. The van der Waals surface area contributed by atoms with Crippen molar-refractivity contribution in [3.8, 4) is 5.75 Å². The van der Waals surface area contributed by atoms with Gasteiger partial charge in [0, 0.05) is 5.69 Å². The summed E-state index contributed by atoms with van der Waals surface area (Å²) >= 11 is 0. The summed E-state index contributed by atoms with van der Waals surface area (Å²) in [5, 5.41) is 6.53. The van der Waals surface area contributed by atoms with Gasteiger partial charge in [-0.15, -0.1) is 0 Å². The van der Waals surface area contributed by atoms with E-state index in [1.807, 2.05) is 24.3 Å². The maximum absolute atomic E-state index is 12.1. The molecule has 0 saturated heterocycles. The Balaban J connectivity index is 1.85. The van der Waals surface area contributed by atoms with Crippen LogP contribution in [0.15, 0.2) is 53.7 Å². The van der Waals surface area contributed by atoms with Crippen LogP contribution in [-0.2, 0) is 15.0 Å². The molecule has 1 amide bonds. The van der Waals surface area contributed by atoms with Crippen molar-refractivity contribution in [3.63, 3.8) is 0 Å². The van der Waals surface area contributed by atoms with E-state index in [9.17, 15) is 13.6 Å². The van der Waals surface area contributed by atoms with Crippen molar-refractivity contribution in [1.82, 2.24) is 0 Å². The predicted molar refractivity (Wildman–Crippen MR) is 100 cm³/mol. The SMILES string of the molecule is CC(C)(C)c1ccccc1NC(=O)CO/N=C/c1ccc(OC(F)F)cc1. The van der Waals surface area contributed by atoms with E-state index in [0.29, 0.717) is 5.56 Å². The van der Waals surface area contributed by atoms with E-state index in [-0.39, 0.29) is 23.7 Å². The van der Waals surface area contributed by atoms with E-state index in [1.54, 1.807) is 12.1 Å². The zero-order chi connectivity index (χ0) is 19.9. The van der Waals surface area contributed by atoms with Gasteiger partial charge in [-0.05, 0) is 46.9 Å². The molecule has 144 valence electrons. The smallest absolute Gasteiger partial charge is 0.387 e. The molecule has 1 N–H and O–H groups in total. The molecule has 0 spiro atoms. The Hall–Kier alpha value is -2.96. The van der Waals surface area contributed by atoms with E-state index in [0.717, 1.165) is 11.3 Å². The van der Waals surface area contributed by atoms with Crippen molar-refractivity contribution < 1.29 is 23.1 Å². The molecule has 0 unspecified atom stereocenters. The van der Waals surface area contributed by atoms with Gasteiger partial charge in [-0.25, -0.2) is 0 Å². The molecule has 27 heavy (non-hydrogen) atoms. The fourth-order valence-electron chi connectivity index (χ4n) is 2.36. The van der Waals surface area contributed by atoms with Crippen LogP contribution in [0.5, 0.6) is 5.75 Å². The van der Waals surface area contributed by atoms with Crippen molar-refractivity contribution in [1.29, 1.82) is 0 Å². The maximum Gasteiger partial charge on any atom is 0.387 e. The average Bonchev–Trinajstić information content (AvgIpc) is 2.59. The predicted octanol–water partition coefficient (Wildman–Crippen LogP) is 4.57. The molecule has 0 bridgehead atoms. The summed E-state index contributed by atoms with van der Waals surface area (Å²) in [6.07, 6.45) is 1.38. The first-order chi connectivity index (χ1) is 12.8. The van der Waals surface area contributed by atoms with E-state index in [1.165, 1.54) is 18.3 Å². The molecule has 0 aromatic heterocycles. The number of amides is 1. The second kappa shape index (κ2) is 9.12. The van der Waals surface area contributed by atoms with Gasteiger partial charge in [-0.2, -0.15) is 8.78 Å². The summed E-state index contributed by atoms with van der Waals surface area (Å²) < 4.78 is 28.4. The zero-order valence-electron chi connectivity index (χ0n) is 15.4. The summed E-state index contributed by atoms with van der Waals surface area (Å²) in [5.74, 6) is -0.274. The molecule has 0 heterocycles. The minimum Gasteiger partial charge on any atom is -0.435 e. The first kappa shape index (κ1) is 20.4. The van der Waals surface area contributed by atoms with Crippen molar-refractivity contribution in [2.24, 2.45) is 5.16 Å². The van der Waals surface area contributed by atoms with Gasteiger partial charge < -0.3 is 14.9 Å². The number of para-hydroxylation sites is 1. The molecule has 0 aliphatic rings. The number of anilines is 1. The Morgan fingerprint density at radius 3 is 2.44 bits per heavy atom. The molecule has 0 fully saturated rings. The highest BCUT2D eigenvalue weighted by Gasteiger charge is 2.18. The number of halogens is 2. The van der Waals surface area contributed by atoms with Gasteiger partial charge in [0.25, 0.3) is 5.91 Å². The highest BCUT2D eigenvalue weighted by Crippen LogP contribution is 2.29. The highest BCUT2D eigenvalue weighted by atomic mass is 19.3. The summed E-state index contributed by atoms with van der Waals surface area (Å²) in [4.78, 5) is 17.1. The molecule has 7 heteroatoms. The van der Waals surface area contributed by atoms with Gasteiger partial charge in [-0.1, -0.05) is 44.1 Å². The fourth-order valence-corrected chi connectivity index (χ4v) is 2.36. The first-order valence-electron chi connectivity index (χ1n) is 8.35. The molecular formula is C20H22F2N2O3. The lowest BCUT2D eigenvalue weighted by molar-refractivity contribution is -0.120. The highest BCUT2D eigenvalue weighted by molar-refractivity contribution is 5.92. The number of alkyl halides is 2. The second-order valence-corrected chi connectivity index (χ2v) is 6.80. The van der Waals surface area contributed by atoms with Crippen LogP contribution < -0.4 is 10.1 Å². The van der Waals surface area contributed by atoms with E-state index in [2.05, 4.69) is 36.0 Å². The monoisotopic (exact) mass is 376 g/mol. The maximum atomic E-state index is 12.1. The van der Waals surface area contributed by atoms with Crippen molar-refractivity contribution in [2.45, 2.75) is 32.8 Å². The van der Waals surface area contributed by atoms with Crippen LogP contribution in [0.4, 0.5) is 14.5 Å². The molecular weight excluding hydrogens is 354 g/mol. The molecule has 2 aromatic carbocycles.